The second-order valence-corrected chi connectivity index (χ2v) is 8.38. The molecule has 6 nitrogen and oxygen atoms in total. The summed E-state index contributed by atoms with van der Waals surface area (Å²) in [6.07, 6.45) is -0.444. The zero-order chi connectivity index (χ0) is 24.1. The molecule has 0 bridgehead atoms. The number of esters is 1. The van der Waals surface area contributed by atoms with E-state index in [9.17, 15) is 14.4 Å². The molecule has 1 fully saturated rings. The number of hydrogen-bond acceptors (Lipinski definition) is 5. The van der Waals surface area contributed by atoms with Gasteiger partial charge in [-0.25, -0.2) is 0 Å². The topological polar surface area (TPSA) is 72.9 Å². The van der Waals surface area contributed by atoms with Crippen molar-refractivity contribution in [2.45, 2.75) is 32.8 Å². The number of anilines is 1. The number of hydrogen-bond donors (Lipinski definition) is 0. The van der Waals surface area contributed by atoms with Crippen molar-refractivity contribution in [1.82, 2.24) is 0 Å². The Labute approximate surface area is 199 Å². The van der Waals surface area contributed by atoms with E-state index in [1.807, 2.05) is 37.3 Å². The van der Waals surface area contributed by atoms with Crippen LogP contribution in [0.1, 0.15) is 35.7 Å². The monoisotopic (exact) mass is 457 g/mol. The van der Waals surface area contributed by atoms with Gasteiger partial charge >= 0.3 is 5.97 Å². The number of rotatable bonds is 8. The number of benzene rings is 3. The Morgan fingerprint density at radius 3 is 2.18 bits per heavy atom. The van der Waals surface area contributed by atoms with Crippen LogP contribution in [-0.2, 0) is 14.3 Å². The molecule has 1 aliphatic heterocycles. The van der Waals surface area contributed by atoms with Crippen LogP contribution in [0.25, 0.3) is 0 Å². The quantitative estimate of drug-likeness (QED) is 0.337. The predicted octanol–water partition coefficient (Wildman–Crippen LogP) is 5.34. The van der Waals surface area contributed by atoms with Crippen LogP contribution in [-0.4, -0.2) is 30.3 Å². The summed E-state index contributed by atoms with van der Waals surface area (Å²) in [5, 5.41) is 0. The normalized spacial score (nSPS) is 16.2. The highest BCUT2D eigenvalue weighted by Crippen LogP contribution is 2.29. The van der Waals surface area contributed by atoms with Crippen molar-refractivity contribution in [2.24, 2.45) is 5.92 Å². The van der Waals surface area contributed by atoms with E-state index in [0.29, 0.717) is 23.4 Å². The minimum absolute atomic E-state index is 0.0520. The molecule has 0 radical (unpaired) electrons. The van der Waals surface area contributed by atoms with E-state index in [1.54, 1.807) is 60.4 Å². The summed E-state index contributed by atoms with van der Waals surface area (Å²) in [6, 6.07) is 23.7. The largest absolute Gasteiger partial charge is 0.457 e. The molecular formula is C28H27NO5. The van der Waals surface area contributed by atoms with Crippen molar-refractivity contribution in [1.29, 1.82) is 0 Å². The Morgan fingerprint density at radius 2 is 1.56 bits per heavy atom. The number of carbonyl (C=O) groups is 3. The van der Waals surface area contributed by atoms with Gasteiger partial charge in [0.25, 0.3) is 0 Å². The Hall–Kier alpha value is -3.93. The third kappa shape index (κ3) is 5.34. The number of ketones is 1. The van der Waals surface area contributed by atoms with Crippen molar-refractivity contribution in [3.8, 4) is 11.5 Å². The van der Waals surface area contributed by atoms with Crippen molar-refractivity contribution in [3.05, 3.63) is 90.0 Å². The van der Waals surface area contributed by atoms with Crippen molar-refractivity contribution >= 4 is 23.3 Å². The van der Waals surface area contributed by atoms with Gasteiger partial charge in [-0.05, 0) is 49.7 Å². The highest BCUT2D eigenvalue weighted by atomic mass is 16.5. The molecule has 2 atom stereocenters. The molecule has 0 N–H and O–H groups in total. The Morgan fingerprint density at radius 1 is 0.941 bits per heavy atom. The van der Waals surface area contributed by atoms with Crippen LogP contribution in [0.15, 0.2) is 78.9 Å². The van der Waals surface area contributed by atoms with Crippen molar-refractivity contribution < 1.29 is 23.9 Å². The zero-order valence-corrected chi connectivity index (χ0v) is 19.3. The molecule has 1 heterocycles. The molecule has 3 aromatic rings. The van der Waals surface area contributed by atoms with E-state index < -0.39 is 18.0 Å². The maximum absolute atomic E-state index is 12.8. The van der Waals surface area contributed by atoms with Gasteiger partial charge in [0.15, 0.2) is 6.10 Å². The third-order valence-corrected chi connectivity index (χ3v) is 5.84. The molecule has 0 unspecified atom stereocenters. The van der Waals surface area contributed by atoms with E-state index in [2.05, 4.69) is 0 Å². The van der Waals surface area contributed by atoms with Crippen molar-refractivity contribution in [2.75, 3.05) is 11.4 Å². The SMILES string of the molecule is CC[C@H](OC(=O)[C@@H]1CC(=O)N(c2ccc(Oc3ccc(C)cc3)cc2)C1)C(=O)c1ccccc1. The van der Waals surface area contributed by atoms with Crippen LogP contribution >= 0.6 is 0 Å². The molecule has 6 heteroatoms. The molecule has 34 heavy (non-hydrogen) atoms. The van der Waals surface area contributed by atoms with Crippen molar-refractivity contribution in [3.63, 3.8) is 0 Å². The lowest BCUT2D eigenvalue weighted by atomic mass is 10.0. The fourth-order valence-electron chi connectivity index (χ4n) is 3.90. The molecule has 0 spiro atoms. The molecule has 1 amide bonds. The van der Waals surface area contributed by atoms with E-state index in [-0.39, 0.29) is 24.7 Å². The Balaban J connectivity index is 1.37. The number of amides is 1. The fourth-order valence-corrected chi connectivity index (χ4v) is 3.90. The minimum atomic E-state index is -0.864. The van der Waals surface area contributed by atoms with Gasteiger partial charge in [0.1, 0.15) is 11.5 Å². The molecule has 1 aliphatic rings. The van der Waals surface area contributed by atoms with Gasteiger partial charge in [0.2, 0.25) is 11.7 Å². The standard InChI is InChI=1S/C28H27NO5/c1-3-25(27(31)20-7-5-4-6-8-20)34-28(32)21-17-26(30)29(18-21)22-11-15-24(16-12-22)33-23-13-9-19(2)10-14-23/h4-16,21,25H,3,17-18H2,1-2H3/t21-,25+/m1/s1. The lowest BCUT2D eigenvalue weighted by Gasteiger charge is -2.19. The molecule has 1 saturated heterocycles. The first-order chi connectivity index (χ1) is 16.4. The minimum Gasteiger partial charge on any atom is -0.457 e. The first-order valence-corrected chi connectivity index (χ1v) is 11.4. The van der Waals surface area contributed by atoms with E-state index in [0.717, 1.165) is 11.3 Å². The van der Waals surface area contributed by atoms with Crippen LogP contribution < -0.4 is 9.64 Å². The summed E-state index contributed by atoms with van der Waals surface area (Å²) in [6.45, 7) is 4.02. The number of nitrogens with zero attached hydrogens (tertiary/aromatic N) is 1. The number of Topliss-reactive ketones (excluding diaryl/α,β-unsaturated/α-hetero) is 1. The lowest BCUT2D eigenvalue weighted by Crippen LogP contribution is -2.31. The van der Waals surface area contributed by atoms with Gasteiger partial charge in [-0.3, -0.25) is 14.4 Å². The molecular weight excluding hydrogens is 430 g/mol. The zero-order valence-electron chi connectivity index (χ0n) is 19.3. The Kier molecular flexibility index (Phi) is 7.07. The average molecular weight is 458 g/mol. The third-order valence-electron chi connectivity index (χ3n) is 5.84. The van der Waals surface area contributed by atoms with Crippen LogP contribution in [0.3, 0.4) is 0 Å². The summed E-state index contributed by atoms with van der Waals surface area (Å²) >= 11 is 0. The first-order valence-electron chi connectivity index (χ1n) is 11.4. The molecule has 4 rings (SSSR count). The average Bonchev–Trinajstić information content (AvgIpc) is 3.26. The predicted molar refractivity (Wildman–Crippen MR) is 129 cm³/mol. The second kappa shape index (κ2) is 10.3. The number of aryl methyl sites for hydroxylation is 1. The lowest BCUT2D eigenvalue weighted by molar-refractivity contribution is -0.151. The number of carbonyl (C=O) groups excluding carboxylic acids is 3. The molecule has 0 aliphatic carbocycles. The van der Waals surface area contributed by atoms with Crippen LogP contribution in [0.4, 0.5) is 5.69 Å². The molecule has 0 aromatic heterocycles. The van der Waals surface area contributed by atoms with E-state index in [1.165, 1.54) is 0 Å². The van der Waals surface area contributed by atoms with E-state index >= 15 is 0 Å². The molecule has 174 valence electrons. The van der Waals surface area contributed by atoms with Gasteiger partial charge in [-0.2, -0.15) is 0 Å². The van der Waals surface area contributed by atoms with Gasteiger partial charge < -0.3 is 14.4 Å². The Bertz CT molecular complexity index is 1160. The number of ether oxygens (including phenoxy) is 2. The van der Waals surface area contributed by atoms with Crippen LogP contribution in [0.5, 0.6) is 11.5 Å². The van der Waals surface area contributed by atoms with Crippen LogP contribution in [0.2, 0.25) is 0 Å². The first kappa shape index (κ1) is 23.2. The molecule has 0 saturated carbocycles. The highest BCUT2D eigenvalue weighted by Gasteiger charge is 2.37. The van der Waals surface area contributed by atoms with Crippen LogP contribution in [0, 0.1) is 12.8 Å². The maximum atomic E-state index is 12.8. The fraction of sp³-hybridized carbons (Fsp3) is 0.250. The van der Waals surface area contributed by atoms with Gasteiger partial charge in [0, 0.05) is 24.2 Å². The summed E-state index contributed by atoms with van der Waals surface area (Å²) < 4.78 is 11.4. The second-order valence-electron chi connectivity index (χ2n) is 8.38. The van der Waals surface area contributed by atoms with E-state index in [4.69, 9.17) is 9.47 Å². The summed E-state index contributed by atoms with van der Waals surface area (Å²) in [5.74, 6) is -0.146. The molecule has 3 aromatic carbocycles. The summed E-state index contributed by atoms with van der Waals surface area (Å²) in [4.78, 5) is 39.7. The van der Waals surface area contributed by atoms with Gasteiger partial charge in [0.05, 0.1) is 5.92 Å². The maximum Gasteiger partial charge on any atom is 0.312 e. The van der Waals surface area contributed by atoms with Gasteiger partial charge in [-0.15, -0.1) is 0 Å². The van der Waals surface area contributed by atoms with Gasteiger partial charge in [-0.1, -0.05) is 55.0 Å². The highest BCUT2D eigenvalue weighted by molar-refractivity contribution is 6.02. The summed E-state index contributed by atoms with van der Waals surface area (Å²) in [5.41, 5.74) is 2.33. The summed E-state index contributed by atoms with van der Waals surface area (Å²) in [7, 11) is 0. The smallest absolute Gasteiger partial charge is 0.312 e.